The molecule has 0 spiro atoms. The molecule has 184 valence electrons. The second-order valence-electron chi connectivity index (χ2n) is 9.73. The average Bonchev–Trinajstić information content (AvgIpc) is 3.31. The summed E-state index contributed by atoms with van der Waals surface area (Å²) in [6.07, 6.45) is 6.29. The Kier molecular flexibility index (Phi) is 5.96. The first-order valence-corrected chi connectivity index (χ1v) is 12.8. The predicted octanol–water partition coefficient (Wildman–Crippen LogP) is 4.02. The number of aryl methyl sites for hydroxylation is 2. The van der Waals surface area contributed by atoms with Gasteiger partial charge in [0.15, 0.2) is 0 Å². The molecule has 0 atom stereocenters. The number of piperidine rings is 1. The van der Waals surface area contributed by atoms with Crippen molar-refractivity contribution in [1.29, 1.82) is 0 Å². The number of pyridine rings is 1. The fourth-order valence-corrected chi connectivity index (χ4v) is 5.84. The smallest absolute Gasteiger partial charge is 0.295 e. The van der Waals surface area contributed by atoms with Gasteiger partial charge in [0, 0.05) is 47.0 Å². The number of aromatic nitrogens is 2. The first-order chi connectivity index (χ1) is 17.9. The Hall–Kier alpha value is -3.71. The van der Waals surface area contributed by atoms with Crippen LogP contribution in [-0.2, 0) is 17.6 Å². The summed E-state index contributed by atoms with van der Waals surface area (Å²) in [6.45, 7) is 0.830. The third kappa shape index (κ3) is 4.07. The van der Waals surface area contributed by atoms with Crippen LogP contribution >= 0.6 is 11.6 Å². The number of rotatable bonds is 2. The molecule has 0 saturated carbocycles. The van der Waals surface area contributed by atoms with Gasteiger partial charge >= 0.3 is 0 Å². The Morgan fingerprint density at radius 2 is 1.81 bits per heavy atom. The van der Waals surface area contributed by atoms with Gasteiger partial charge in [0.25, 0.3) is 11.7 Å². The second-order valence-corrected chi connectivity index (χ2v) is 10.2. The van der Waals surface area contributed by atoms with Crippen LogP contribution in [0.15, 0.2) is 60.4 Å². The lowest BCUT2D eigenvalue weighted by Gasteiger charge is -2.30. The van der Waals surface area contributed by atoms with Gasteiger partial charge in [0.1, 0.15) is 13.7 Å². The molecule has 5 nitrogen and oxygen atoms in total. The van der Waals surface area contributed by atoms with Crippen molar-refractivity contribution in [2.24, 2.45) is 0 Å². The summed E-state index contributed by atoms with van der Waals surface area (Å²) in [4.78, 5) is 35.7. The van der Waals surface area contributed by atoms with E-state index in [1.807, 2.05) is 32.2 Å². The van der Waals surface area contributed by atoms with E-state index in [0.717, 1.165) is 35.1 Å². The number of fused-ring (bicyclic) bond motifs is 3. The van der Waals surface area contributed by atoms with E-state index in [1.54, 1.807) is 11.0 Å². The summed E-state index contributed by atoms with van der Waals surface area (Å²) < 4.78 is 14.6. The van der Waals surface area contributed by atoms with Crippen LogP contribution < -0.4 is 5.46 Å². The molecule has 0 unspecified atom stereocenters. The Labute approximate surface area is 219 Å². The number of hydrogen-bond acceptors (Lipinski definition) is 3. The molecule has 1 aliphatic carbocycles. The fourth-order valence-electron chi connectivity index (χ4n) is 5.65. The lowest BCUT2D eigenvalue weighted by atomic mass is 9.88. The minimum Gasteiger partial charge on any atom is -0.361 e. The van der Waals surface area contributed by atoms with Crippen LogP contribution in [0.4, 0.5) is 4.39 Å². The van der Waals surface area contributed by atoms with E-state index >= 15 is 0 Å². The normalized spacial score (nSPS) is 15.4. The Balaban J connectivity index is 1.31. The molecule has 1 saturated heterocycles. The highest BCUT2D eigenvalue weighted by Gasteiger charge is 2.31. The van der Waals surface area contributed by atoms with E-state index in [4.69, 9.17) is 16.6 Å². The molecule has 8 heteroatoms. The zero-order valence-electron chi connectivity index (χ0n) is 20.4. The Morgan fingerprint density at radius 3 is 2.62 bits per heavy atom. The third-order valence-electron chi connectivity index (χ3n) is 7.57. The molecule has 1 aliphatic heterocycles. The van der Waals surface area contributed by atoms with Crippen molar-refractivity contribution in [3.05, 3.63) is 99.2 Å². The molecule has 37 heavy (non-hydrogen) atoms. The first-order valence-electron chi connectivity index (χ1n) is 12.5. The number of nitrogens with one attached hydrogen (secondary N) is 1. The average molecular weight is 512 g/mol. The Bertz CT molecular complexity index is 1620. The predicted molar refractivity (Wildman–Crippen MR) is 146 cm³/mol. The third-order valence-corrected chi connectivity index (χ3v) is 7.80. The molecule has 4 aromatic rings. The van der Waals surface area contributed by atoms with Crippen molar-refractivity contribution in [3.63, 3.8) is 0 Å². The van der Waals surface area contributed by atoms with Crippen molar-refractivity contribution in [2.45, 2.75) is 25.7 Å². The summed E-state index contributed by atoms with van der Waals surface area (Å²) in [5, 5.41) is 0.888. The van der Waals surface area contributed by atoms with Gasteiger partial charge in [-0.2, -0.15) is 0 Å². The number of amides is 1. The number of likely N-dealkylation sites (tertiary alicyclic amines) is 1. The monoisotopic (exact) mass is 511 g/mol. The molecular formula is C29H24BClFN3O2. The van der Waals surface area contributed by atoms with Crippen LogP contribution in [0, 0.1) is 5.82 Å². The number of H-pyrrole nitrogens is 1. The summed E-state index contributed by atoms with van der Waals surface area (Å²) in [6, 6.07) is 13.1. The van der Waals surface area contributed by atoms with Gasteiger partial charge in [-0.15, -0.1) is 0 Å². The number of carbonyl (C=O) groups excluding carboxylic acids is 2. The zero-order chi connectivity index (χ0) is 25.7. The van der Waals surface area contributed by atoms with Gasteiger partial charge in [-0.05, 0) is 66.6 Å². The molecule has 2 aliphatic rings. The van der Waals surface area contributed by atoms with E-state index in [0.29, 0.717) is 36.5 Å². The van der Waals surface area contributed by atoms with Gasteiger partial charge in [-0.25, -0.2) is 4.39 Å². The summed E-state index contributed by atoms with van der Waals surface area (Å²) in [7, 11) is 1.83. The molecule has 0 radical (unpaired) electrons. The Morgan fingerprint density at radius 1 is 1.03 bits per heavy atom. The van der Waals surface area contributed by atoms with E-state index in [2.05, 4.69) is 17.1 Å². The topological polar surface area (TPSA) is 66.1 Å². The summed E-state index contributed by atoms with van der Waals surface area (Å²) >= 11 is 6.32. The fraction of sp³-hybridized carbons (Fsp3) is 0.207. The molecule has 1 fully saturated rings. The standard InChI is InChI=1S/C29H24BClFN3O2/c30-22-7-8-23(32)25-21(15-34-27(22)25)28(36)29(37)35-12-9-16(10-13-35)24-20-6-5-19(31)14-18(20)4-3-17-2-1-11-33-26(17)24/h1-2,5-8,11,14-15,34H,3-4,9-10,12-13,30H2. The maximum absolute atomic E-state index is 14.6. The van der Waals surface area contributed by atoms with Crippen LogP contribution in [0.2, 0.25) is 5.02 Å². The molecule has 2 aromatic heterocycles. The van der Waals surface area contributed by atoms with Crippen LogP contribution in [-0.4, -0.2) is 47.5 Å². The van der Waals surface area contributed by atoms with Gasteiger partial charge in [0.2, 0.25) is 0 Å². The summed E-state index contributed by atoms with van der Waals surface area (Å²) in [5.74, 6) is -1.80. The van der Waals surface area contributed by atoms with Crippen LogP contribution in [0.3, 0.4) is 0 Å². The molecule has 6 rings (SSSR count). The maximum atomic E-state index is 14.6. The minimum absolute atomic E-state index is 0.0815. The van der Waals surface area contributed by atoms with Crippen molar-refractivity contribution in [3.8, 4) is 0 Å². The molecular weight excluding hydrogens is 488 g/mol. The highest BCUT2D eigenvalue weighted by molar-refractivity contribution is 6.46. The van der Waals surface area contributed by atoms with Crippen LogP contribution in [0.25, 0.3) is 16.5 Å². The first kappa shape index (κ1) is 23.7. The van der Waals surface area contributed by atoms with Gasteiger partial charge in [0.05, 0.1) is 11.3 Å². The van der Waals surface area contributed by atoms with E-state index < -0.39 is 17.5 Å². The number of carbonyl (C=O) groups is 2. The molecule has 2 aromatic carbocycles. The minimum atomic E-state index is -0.687. The zero-order valence-corrected chi connectivity index (χ0v) is 21.2. The van der Waals surface area contributed by atoms with Crippen molar-refractivity contribution in [1.82, 2.24) is 14.9 Å². The SMILES string of the molecule is Bc1ccc(F)c2c(C(=O)C(=O)N3CCC(=C4c5ccc(Cl)cc5CCc5cccnc54)CC3)c[nH]c12. The quantitative estimate of drug-likeness (QED) is 0.251. The van der Waals surface area contributed by atoms with E-state index in [1.165, 1.54) is 29.0 Å². The highest BCUT2D eigenvalue weighted by Crippen LogP contribution is 2.38. The summed E-state index contributed by atoms with van der Waals surface area (Å²) in [5.41, 5.74) is 8.29. The van der Waals surface area contributed by atoms with Gasteiger partial charge < -0.3 is 9.88 Å². The number of benzene rings is 2. The van der Waals surface area contributed by atoms with E-state index in [9.17, 15) is 14.0 Å². The van der Waals surface area contributed by atoms with Crippen LogP contribution in [0.1, 0.15) is 45.6 Å². The number of aromatic amines is 1. The van der Waals surface area contributed by atoms with Crippen LogP contribution in [0.5, 0.6) is 0 Å². The number of ketones is 1. The maximum Gasteiger partial charge on any atom is 0.295 e. The van der Waals surface area contributed by atoms with E-state index in [-0.39, 0.29) is 10.9 Å². The van der Waals surface area contributed by atoms with Crippen molar-refractivity contribution >= 4 is 53.1 Å². The molecule has 3 heterocycles. The van der Waals surface area contributed by atoms with Crippen molar-refractivity contribution in [2.75, 3.05) is 13.1 Å². The largest absolute Gasteiger partial charge is 0.361 e. The number of hydrogen-bond donors (Lipinski definition) is 1. The lowest BCUT2D eigenvalue weighted by Crippen LogP contribution is -2.40. The molecule has 1 amide bonds. The number of Topliss-reactive ketones (excluding diaryl/α,β-unsaturated/α-hetero) is 1. The molecule has 1 N–H and O–H groups in total. The lowest BCUT2D eigenvalue weighted by molar-refractivity contribution is -0.126. The molecule has 0 bridgehead atoms. The number of nitrogens with zero attached hydrogens (tertiary/aromatic N) is 2. The second kappa shape index (κ2) is 9.31. The number of halogens is 2. The van der Waals surface area contributed by atoms with Gasteiger partial charge in [-0.1, -0.05) is 40.8 Å². The highest BCUT2D eigenvalue weighted by atomic mass is 35.5. The van der Waals surface area contributed by atoms with Crippen molar-refractivity contribution < 1.29 is 14.0 Å². The van der Waals surface area contributed by atoms with Gasteiger partial charge in [-0.3, -0.25) is 14.6 Å².